The van der Waals surface area contributed by atoms with Crippen LogP contribution in [0.3, 0.4) is 0 Å². The van der Waals surface area contributed by atoms with E-state index in [1.807, 2.05) is 6.92 Å². The second-order valence-electron chi connectivity index (χ2n) is 5.82. The third-order valence-corrected chi connectivity index (χ3v) is 5.94. The number of anilines is 1. The highest BCUT2D eigenvalue weighted by atomic mass is 127. The Morgan fingerprint density at radius 1 is 1.44 bits per heavy atom. The molecule has 27 heavy (non-hydrogen) atoms. The van der Waals surface area contributed by atoms with Gasteiger partial charge in [-0.2, -0.15) is 10.2 Å². The van der Waals surface area contributed by atoms with Crippen LogP contribution in [-0.4, -0.2) is 25.5 Å². The Kier molecular flexibility index (Phi) is 6.53. The Bertz CT molecular complexity index is 970. The highest BCUT2D eigenvalue weighted by Gasteiger charge is 2.14. The van der Waals surface area contributed by atoms with Gasteiger partial charge in [-0.1, -0.05) is 17.7 Å². The van der Waals surface area contributed by atoms with Gasteiger partial charge in [0.2, 0.25) is 5.91 Å². The fourth-order valence-electron chi connectivity index (χ4n) is 2.46. The summed E-state index contributed by atoms with van der Waals surface area (Å²) in [5, 5.41) is 11.6. The molecule has 1 aromatic carbocycles. The van der Waals surface area contributed by atoms with E-state index < -0.39 is 5.82 Å². The summed E-state index contributed by atoms with van der Waals surface area (Å²) < 4.78 is 18.9. The summed E-state index contributed by atoms with van der Waals surface area (Å²) in [5.41, 5.74) is 1.37. The number of nitrogens with zero attached hydrogens (tertiary/aromatic N) is 4. The number of amides is 1. The number of hydrogen-bond donors (Lipinski definition) is 1. The average Bonchev–Trinajstić information content (AvgIpc) is 3.12. The number of nitrogens with one attached hydrogen (secondary N) is 1. The van der Waals surface area contributed by atoms with Gasteiger partial charge < -0.3 is 5.32 Å². The number of aryl methyl sites for hydroxylation is 1. The SMILES string of the molecule is Cc1c(I)cnn1CCC(=O)Nc1nn(Cc2c(F)cccc2Cl)cc1Br. The zero-order chi connectivity index (χ0) is 19.6. The lowest BCUT2D eigenvalue weighted by atomic mass is 10.2. The molecule has 0 atom stereocenters. The maximum absolute atomic E-state index is 13.9. The van der Waals surface area contributed by atoms with Crippen molar-refractivity contribution in [1.82, 2.24) is 19.6 Å². The molecule has 0 spiro atoms. The number of benzene rings is 1. The molecule has 0 fully saturated rings. The van der Waals surface area contributed by atoms with Crippen molar-refractivity contribution >= 4 is 61.8 Å². The average molecular weight is 567 g/mol. The molecule has 0 radical (unpaired) electrons. The number of carbonyl (C=O) groups is 1. The molecular formula is C17H15BrClFIN5O. The Hall–Kier alpha value is -1.46. The monoisotopic (exact) mass is 565 g/mol. The number of carbonyl (C=O) groups excluding carboxylic acids is 1. The molecule has 0 aliphatic carbocycles. The predicted molar refractivity (Wildman–Crippen MR) is 113 cm³/mol. The summed E-state index contributed by atoms with van der Waals surface area (Å²) in [6.07, 6.45) is 3.69. The molecule has 3 aromatic rings. The van der Waals surface area contributed by atoms with Gasteiger partial charge >= 0.3 is 0 Å². The van der Waals surface area contributed by atoms with Crippen molar-refractivity contribution in [1.29, 1.82) is 0 Å². The molecule has 3 rings (SSSR count). The second kappa shape index (κ2) is 8.70. The van der Waals surface area contributed by atoms with Gasteiger partial charge in [-0.15, -0.1) is 0 Å². The molecule has 0 aliphatic heterocycles. The Morgan fingerprint density at radius 3 is 2.89 bits per heavy atom. The number of halogens is 4. The summed E-state index contributed by atoms with van der Waals surface area (Å²) in [7, 11) is 0. The van der Waals surface area contributed by atoms with Crippen molar-refractivity contribution in [3.63, 3.8) is 0 Å². The Morgan fingerprint density at radius 2 is 2.22 bits per heavy atom. The smallest absolute Gasteiger partial charge is 0.227 e. The van der Waals surface area contributed by atoms with Crippen LogP contribution >= 0.6 is 50.1 Å². The van der Waals surface area contributed by atoms with Crippen LogP contribution in [0.25, 0.3) is 0 Å². The van der Waals surface area contributed by atoms with E-state index in [-0.39, 0.29) is 18.9 Å². The largest absolute Gasteiger partial charge is 0.308 e. The number of hydrogen-bond acceptors (Lipinski definition) is 3. The van der Waals surface area contributed by atoms with Gasteiger partial charge in [0.15, 0.2) is 5.82 Å². The summed E-state index contributed by atoms with van der Waals surface area (Å²) >= 11 is 11.6. The van der Waals surface area contributed by atoms with E-state index in [9.17, 15) is 9.18 Å². The van der Waals surface area contributed by atoms with Crippen LogP contribution in [0.15, 0.2) is 35.1 Å². The summed E-state index contributed by atoms with van der Waals surface area (Å²) in [4.78, 5) is 12.2. The first-order valence-electron chi connectivity index (χ1n) is 7.98. The maximum Gasteiger partial charge on any atom is 0.227 e. The fourth-order valence-corrected chi connectivity index (χ4v) is 3.50. The lowest BCUT2D eigenvalue weighted by Crippen LogP contribution is -2.16. The first-order valence-corrected chi connectivity index (χ1v) is 10.2. The third kappa shape index (κ3) is 4.88. The standard InChI is InChI=1S/C17H15BrClFIN5O/c1-10-15(21)7-22-26(10)6-5-16(27)23-17-12(18)9-25(24-17)8-11-13(19)3-2-4-14(11)20/h2-4,7,9H,5-6,8H2,1H3,(H,23,24,27). The van der Waals surface area contributed by atoms with Gasteiger partial charge in [-0.25, -0.2) is 4.39 Å². The summed E-state index contributed by atoms with van der Waals surface area (Å²) in [6.45, 7) is 2.59. The van der Waals surface area contributed by atoms with Crippen molar-refractivity contribution in [2.45, 2.75) is 26.4 Å². The normalized spacial score (nSPS) is 11.0. The fraction of sp³-hybridized carbons (Fsp3) is 0.235. The van der Waals surface area contributed by atoms with Crippen LogP contribution in [0, 0.1) is 16.3 Å². The minimum absolute atomic E-state index is 0.158. The number of aromatic nitrogens is 4. The Balaban J connectivity index is 1.64. The van der Waals surface area contributed by atoms with E-state index in [0.717, 1.165) is 9.26 Å². The van der Waals surface area contributed by atoms with E-state index in [4.69, 9.17) is 11.6 Å². The van der Waals surface area contributed by atoms with E-state index in [2.05, 4.69) is 54.0 Å². The molecule has 0 saturated carbocycles. The molecule has 2 heterocycles. The minimum atomic E-state index is -0.399. The molecule has 10 heteroatoms. The lowest BCUT2D eigenvalue weighted by molar-refractivity contribution is -0.116. The number of rotatable bonds is 6. The molecule has 1 amide bonds. The minimum Gasteiger partial charge on any atom is -0.308 e. The van der Waals surface area contributed by atoms with Crippen molar-refractivity contribution in [3.05, 3.63) is 60.7 Å². The highest BCUT2D eigenvalue weighted by Crippen LogP contribution is 2.24. The van der Waals surface area contributed by atoms with Crippen molar-refractivity contribution < 1.29 is 9.18 Å². The molecule has 6 nitrogen and oxygen atoms in total. The van der Waals surface area contributed by atoms with Crippen LogP contribution in [0.5, 0.6) is 0 Å². The summed E-state index contributed by atoms with van der Waals surface area (Å²) in [5.74, 6) is -0.210. The van der Waals surface area contributed by atoms with Crippen LogP contribution in [0.2, 0.25) is 5.02 Å². The quantitative estimate of drug-likeness (QED) is 0.443. The predicted octanol–water partition coefficient (Wildman–Crippen LogP) is 4.62. The maximum atomic E-state index is 13.9. The summed E-state index contributed by atoms with van der Waals surface area (Å²) in [6, 6.07) is 4.52. The molecule has 0 aliphatic rings. The van der Waals surface area contributed by atoms with Gasteiger partial charge in [0.1, 0.15) is 5.82 Å². The molecular weight excluding hydrogens is 551 g/mol. The molecule has 2 aromatic heterocycles. The first kappa shape index (κ1) is 20.3. The first-order chi connectivity index (χ1) is 12.8. The van der Waals surface area contributed by atoms with E-state index in [0.29, 0.717) is 27.4 Å². The highest BCUT2D eigenvalue weighted by molar-refractivity contribution is 14.1. The third-order valence-electron chi connectivity index (χ3n) is 3.95. The van der Waals surface area contributed by atoms with Crippen LogP contribution < -0.4 is 5.32 Å². The zero-order valence-electron chi connectivity index (χ0n) is 14.2. The van der Waals surface area contributed by atoms with Crippen molar-refractivity contribution in [2.24, 2.45) is 0 Å². The van der Waals surface area contributed by atoms with Crippen LogP contribution in [0.1, 0.15) is 17.7 Å². The van der Waals surface area contributed by atoms with Crippen molar-refractivity contribution in [2.75, 3.05) is 5.32 Å². The van der Waals surface area contributed by atoms with E-state index in [1.54, 1.807) is 29.2 Å². The van der Waals surface area contributed by atoms with Crippen LogP contribution in [0.4, 0.5) is 10.2 Å². The molecule has 0 bridgehead atoms. The van der Waals surface area contributed by atoms with Crippen LogP contribution in [-0.2, 0) is 17.9 Å². The van der Waals surface area contributed by atoms with Gasteiger partial charge in [-0.3, -0.25) is 14.2 Å². The second-order valence-corrected chi connectivity index (χ2v) is 8.25. The zero-order valence-corrected chi connectivity index (χ0v) is 18.7. The topological polar surface area (TPSA) is 64.7 Å². The van der Waals surface area contributed by atoms with E-state index >= 15 is 0 Å². The van der Waals surface area contributed by atoms with Gasteiger partial charge in [0.05, 0.1) is 27.3 Å². The van der Waals surface area contributed by atoms with Crippen molar-refractivity contribution in [3.8, 4) is 0 Å². The van der Waals surface area contributed by atoms with Gasteiger partial charge in [-0.05, 0) is 57.6 Å². The van der Waals surface area contributed by atoms with E-state index in [1.165, 1.54) is 10.7 Å². The molecule has 1 N–H and O–H groups in total. The lowest BCUT2D eigenvalue weighted by Gasteiger charge is -2.06. The molecule has 0 unspecified atom stereocenters. The van der Waals surface area contributed by atoms with Gasteiger partial charge in [0, 0.05) is 28.9 Å². The van der Waals surface area contributed by atoms with Gasteiger partial charge in [0.25, 0.3) is 0 Å². The molecule has 142 valence electrons. The molecule has 0 saturated heterocycles. The Labute approximate surface area is 182 Å².